The fourth-order valence-electron chi connectivity index (χ4n) is 2.30. The third kappa shape index (κ3) is 5.80. The van der Waals surface area contributed by atoms with Crippen molar-refractivity contribution < 1.29 is 14.3 Å². The summed E-state index contributed by atoms with van der Waals surface area (Å²) < 4.78 is 10.2. The highest BCUT2D eigenvalue weighted by molar-refractivity contribution is 5.78. The van der Waals surface area contributed by atoms with E-state index in [1.54, 1.807) is 7.11 Å². The molecular weight excluding hydrogens is 232 g/mol. The standard InChI is InChI=1S/C13H26N2O3/c1-17-8-9-18-7-6-15-13(16)12-4-2-11(10-14)3-5-12/h11-12H,2-10,14H2,1H3,(H,15,16). The molecule has 1 saturated carbocycles. The number of nitrogens with two attached hydrogens (primary N) is 1. The van der Waals surface area contributed by atoms with Gasteiger partial charge in [0.05, 0.1) is 19.8 Å². The van der Waals surface area contributed by atoms with E-state index in [0.717, 1.165) is 32.2 Å². The van der Waals surface area contributed by atoms with E-state index < -0.39 is 0 Å². The number of carbonyl (C=O) groups is 1. The van der Waals surface area contributed by atoms with Crippen molar-refractivity contribution in [3.05, 3.63) is 0 Å². The van der Waals surface area contributed by atoms with Crippen molar-refractivity contribution in [2.75, 3.05) is 40.0 Å². The van der Waals surface area contributed by atoms with Crippen molar-refractivity contribution in [3.8, 4) is 0 Å². The van der Waals surface area contributed by atoms with E-state index in [1.165, 1.54) is 0 Å². The first kappa shape index (κ1) is 15.4. The molecule has 0 atom stereocenters. The van der Waals surface area contributed by atoms with Crippen LogP contribution < -0.4 is 11.1 Å². The molecule has 0 unspecified atom stereocenters. The molecule has 106 valence electrons. The molecule has 0 aromatic heterocycles. The van der Waals surface area contributed by atoms with Crippen molar-refractivity contribution in [2.45, 2.75) is 25.7 Å². The average molecular weight is 258 g/mol. The molecule has 0 aliphatic heterocycles. The molecular formula is C13H26N2O3. The van der Waals surface area contributed by atoms with Gasteiger partial charge in [0, 0.05) is 19.6 Å². The van der Waals surface area contributed by atoms with Crippen LogP contribution in [0, 0.1) is 11.8 Å². The van der Waals surface area contributed by atoms with Crippen LogP contribution in [-0.4, -0.2) is 45.9 Å². The Morgan fingerprint density at radius 1 is 1.22 bits per heavy atom. The van der Waals surface area contributed by atoms with Crippen LogP contribution in [0.25, 0.3) is 0 Å². The lowest BCUT2D eigenvalue weighted by Crippen LogP contribution is -2.36. The summed E-state index contributed by atoms with van der Waals surface area (Å²) in [6.07, 6.45) is 4.11. The lowest BCUT2D eigenvalue weighted by molar-refractivity contribution is -0.126. The molecule has 1 fully saturated rings. The molecule has 1 aliphatic rings. The van der Waals surface area contributed by atoms with Crippen LogP contribution in [0.2, 0.25) is 0 Å². The highest BCUT2D eigenvalue weighted by Gasteiger charge is 2.25. The summed E-state index contributed by atoms with van der Waals surface area (Å²) in [5.74, 6) is 0.957. The first-order chi connectivity index (χ1) is 8.77. The van der Waals surface area contributed by atoms with Gasteiger partial charge >= 0.3 is 0 Å². The fraction of sp³-hybridized carbons (Fsp3) is 0.923. The molecule has 18 heavy (non-hydrogen) atoms. The summed E-state index contributed by atoms with van der Waals surface area (Å²) in [5, 5.41) is 2.93. The zero-order chi connectivity index (χ0) is 13.2. The summed E-state index contributed by atoms with van der Waals surface area (Å²) in [5.41, 5.74) is 5.64. The number of hydrogen-bond donors (Lipinski definition) is 2. The van der Waals surface area contributed by atoms with Gasteiger partial charge in [-0.15, -0.1) is 0 Å². The highest BCUT2D eigenvalue weighted by Crippen LogP contribution is 2.27. The van der Waals surface area contributed by atoms with Crippen LogP contribution in [0.15, 0.2) is 0 Å². The molecule has 5 heteroatoms. The van der Waals surface area contributed by atoms with Gasteiger partial charge in [0.2, 0.25) is 5.91 Å². The largest absolute Gasteiger partial charge is 0.382 e. The summed E-state index contributed by atoms with van der Waals surface area (Å²) in [6.45, 7) is 3.05. The molecule has 0 aromatic rings. The SMILES string of the molecule is COCCOCCNC(=O)C1CCC(CN)CC1. The number of methoxy groups -OCH3 is 1. The minimum absolute atomic E-state index is 0.167. The molecule has 0 spiro atoms. The van der Waals surface area contributed by atoms with Gasteiger partial charge in [-0.1, -0.05) is 0 Å². The van der Waals surface area contributed by atoms with Gasteiger partial charge < -0.3 is 20.5 Å². The number of amides is 1. The van der Waals surface area contributed by atoms with Crippen molar-refractivity contribution >= 4 is 5.91 Å². The zero-order valence-corrected chi connectivity index (χ0v) is 11.3. The van der Waals surface area contributed by atoms with Gasteiger partial charge in [-0.2, -0.15) is 0 Å². The summed E-state index contributed by atoms with van der Waals surface area (Å²) in [6, 6.07) is 0. The Bertz CT molecular complexity index is 228. The fourth-order valence-corrected chi connectivity index (χ4v) is 2.30. The van der Waals surface area contributed by atoms with Crippen LogP contribution in [0.4, 0.5) is 0 Å². The Labute approximate surface area is 109 Å². The second-order valence-corrected chi connectivity index (χ2v) is 4.85. The Balaban J connectivity index is 2.03. The molecule has 1 rings (SSSR count). The minimum atomic E-state index is 0.167. The minimum Gasteiger partial charge on any atom is -0.382 e. The van der Waals surface area contributed by atoms with Crippen molar-refractivity contribution in [2.24, 2.45) is 17.6 Å². The van der Waals surface area contributed by atoms with Gasteiger partial charge in [-0.25, -0.2) is 0 Å². The average Bonchev–Trinajstić information content (AvgIpc) is 2.42. The first-order valence-corrected chi connectivity index (χ1v) is 6.82. The van der Waals surface area contributed by atoms with Gasteiger partial charge in [0.15, 0.2) is 0 Å². The molecule has 0 saturated heterocycles. The molecule has 1 aliphatic carbocycles. The maximum atomic E-state index is 11.9. The van der Waals surface area contributed by atoms with E-state index in [-0.39, 0.29) is 11.8 Å². The topological polar surface area (TPSA) is 73.6 Å². The van der Waals surface area contributed by atoms with E-state index >= 15 is 0 Å². The zero-order valence-electron chi connectivity index (χ0n) is 11.3. The van der Waals surface area contributed by atoms with Crippen LogP contribution >= 0.6 is 0 Å². The van der Waals surface area contributed by atoms with Crippen molar-refractivity contribution in [3.63, 3.8) is 0 Å². The smallest absolute Gasteiger partial charge is 0.223 e. The lowest BCUT2D eigenvalue weighted by atomic mass is 9.81. The van der Waals surface area contributed by atoms with E-state index in [2.05, 4.69) is 5.32 Å². The quantitative estimate of drug-likeness (QED) is 0.623. The van der Waals surface area contributed by atoms with Crippen LogP contribution in [-0.2, 0) is 14.3 Å². The van der Waals surface area contributed by atoms with Gasteiger partial charge in [0.1, 0.15) is 0 Å². The molecule has 1 amide bonds. The monoisotopic (exact) mass is 258 g/mol. The Hall–Kier alpha value is -0.650. The highest BCUT2D eigenvalue weighted by atomic mass is 16.5. The second-order valence-electron chi connectivity index (χ2n) is 4.85. The Morgan fingerprint density at radius 2 is 1.94 bits per heavy atom. The van der Waals surface area contributed by atoms with Gasteiger partial charge in [-0.3, -0.25) is 4.79 Å². The van der Waals surface area contributed by atoms with Crippen molar-refractivity contribution in [1.82, 2.24) is 5.32 Å². The summed E-state index contributed by atoms with van der Waals surface area (Å²) in [7, 11) is 1.64. The molecule has 0 heterocycles. The van der Waals surface area contributed by atoms with Gasteiger partial charge in [0.25, 0.3) is 0 Å². The Morgan fingerprint density at radius 3 is 2.56 bits per heavy atom. The number of ether oxygens (including phenoxy) is 2. The second kappa shape index (κ2) is 9.30. The van der Waals surface area contributed by atoms with E-state index in [1.807, 2.05) is 0 Å². The van der Waals surface area contributed by atoms with E-state index in [4.69, 9.17) is 15.2 Å². The first-order valence-electron chi connectivity index (χ1n) is 6.82. The number of hydrogen-bond acceptors (Lipinski definition) is 4. The molecule has 0 radical (unpaired) electrons. The summed E-state index contributed by atoms with van der Waals surface area (Å²) >= 11 is 0. The van der Waals surface area contributed by atoms with E-state index in [9.17, 15) is 4.79 Å². The lowest BCUT2D eigenvalue weighted by Gasteiger charge is -2.26. The third-order valence-corrected chi connectivity index (χ3v) is 3.53. The van der Waals surface area contributed by atoms with Crippen LogP contribution in [0.1, 0.15) is 25.7 Å². The Kier molecular flexibility index (Phi) is 7.96. The van der Waals surface area contributed by atoms with Crippen LogP contribution in [0.5, 0.6) is 0 Å². The normalized spacial score (nSPS) is 23.9. The third-order valence-electron chi connectivity index (χ3n) is 3.53. The van der Waals surface area contributed by atoms with Crippen LogP contribution in [0.3, 0.4) is 0 Å². The summed E-state index contributed by atoms with van der Waals surface area (Å²) in [4.78, 5) is 11.9. The van der Waals surface area contributed by atoms with Gasteiger partial charge in [-0.05, 0) is 38.1 Å². The predicted molar refractivity (Wildman–Crippen MR) is 70.2 cm³/mol. The molecule has 0 bridgehead atoms. The van der Waals surface area contributed by atoms with E-state index in [0.29, 0.717) is 32.3 Å². The molecule has 5 nitrogen and oxygen atoms in total. The number of rotatable bonds is 8. The number of carbonyl (C=O) groups excluding carboxylic acids is 1. The molecule has 3 N–H and O–H groups in total. The maximum Gasteiger partial charge on any atom is 0.223 e. The number of nitrogens with one attached hydrogen (secondary N) is 1. The molecule has 0 aromatic carbocycles. The predicted octanol–water partition coefficient (Wildman–Crippen LogP) is 0.531. The maximum absolute atomic E-state index is 11.9. The van der Waals surface area contributed by atoms with Crippen molar-refractivity contribution in [1.29, 1.82) is 0 Å².